The van der Waals surface area contributed by atoms with E-state index in [1.54, 1.807) is 6.07 Å². The molecule has 0 amide bonds. The minimum atomic E-state index is -0.132. The maximum atomic E-state index is 13.8. The maximum absolute atomic E-state index is 13.8. The van der Waals surface area contributed by atoms with E-state index in [1.165, 1.54) is 6.07 Å². The minimum Gasteiger partial charge on any atom is -0.369 e. The number of anilines is 1. The summed E-state index contributed by atoms with van der Waals surface area (Å²) < 4.78 is 14.8. The van der Waals surface area contributed by atoms with E-state index < -0.39 is 0 Å². The summed E-state index contributed by atoms with van der Waals surface area (Å²) in [6.07, 6.45) is 1.12. The molecule has 1 aromatic carbocycles. The Morgan fingerprint density at radius 2 is 2.16 bits per heavy atom. The van der Waals surface area contributed by atoms with Crippen LogP contribution >= 0.6 is 15.9 Å². The van der Waals surface area contributed by atoms with Gasteiger partial charge >= 0.3 is 0 Å². The van der Waals surface area contributed by atoms with Crippen LogP contribution in [0.4, 0.5) is 10.1 Å². The summed E-state index contributed by atoms with van der Waals surface area (Å²) >= 11 is 3.41. The van der Waals surface area contributed by atoms with Crippen molar-refractivity contribution in [3.05, 3.63) is 28.5 Å². The van der Waals surface area contributed by atoms with Crippen molar-refractivity contribution < 1.29 is 4.39 Å². The zero-order valence-electron chi connectivity index (χ0n) is 11.8. The minimum absolute atomic E-state index is 0.132. The Kier molecular flexibility index (Phi) is 4.51. The third-order valence-electron chi connectivity index (χ3n) is 3.46. The quantitative estimate of drug-likeness (QED) is 0.907. The van der Waals surface area contributed by atoms with Gasteiger partial charge in [0.2, 0.25) is 0 Å². The topological polar surface area (TPSA) is 15.3 Å². The fourth-order valence-corrected chi connectivity index (χ4v) is 2.75. The summed E-state index contributed by atoms with van der Waals surface area (Å²) in [6.45, 7) is 9.38. The van der Waals surface area contributed by atoms with Crippen LogP contribution in [0.2, 0.25) is 0 Å². The van der Waals surface area contributed by atoms with Crippen LogP contribution in [0.3, 0.4) is 0 Å². The van der Waals surface area contributed by atoms with Gasteiger partial charge in [0.05, 0.1) is 5.69 Å². The van der Waals surface area contributed by atoms with E-state index in [-0.39, 0.29) is 11.4 Å². The van der Waals surface area contributed by atoms with Crippen molar-refractivity contribution in [2.24, 2.45) is 5.92 Å². The average Bonchev–Trinajstić information content (AvgIpc) is 2.77. The molecular formula is C15H22BrFN2. The van der Waals surface area contributed by atoms with Crippen molar-refractivity contribution in [1.29, 1.82) is 0 Å². The Balaban J connectivity index is 1.96. The molecule has 0 radical (unpaired) electrons. The Bertz CT molecular complexity index is 442. The van der Waals surface area contributed by atoms with Crippen LogP contribution in [0, 0.1) is 11.7 Å². The zero-order chi connectivity index (χ0) is 14.0. The highest BCUT2D eigenvalue weighted by molar-refractivity contribution is 9.10. The van der Waals surface area contributed by atoms with Gasteiger partial charge < -0.3 is 10.2 Å². The Hall–Kier alpha value is -0.610. The zero-order valence-corrected chi connectivity index (χ0v) is 13.4. The normalized spacial score (nSPS) is 20.1. The molecule has 1 saturated heterocycles. The van der Waals surface area contributed by atoms with Gasteiger partial charge in [0.25, 0.3) is 0 Å². The molecule has 0 aromatic heterocycles. The molecule has 1 N–H and O–H groups in total. The first-order valence-corrected chi connectivity index (χ1v) is 7.59. The lowest BCUT2D eigenvalue weighted by Gasteiger charge is -2.24. The van der Waals surface area contributed by atoms with Crippen molar-refractivity contribution in [3.8, 4) is 0 Å². The third kappa shape index (κ3) is 4.18. The van der Waals surface area contributed by atoms with E-state index in [2.05, 4.69) is 46.9 Å². The van der Waals surface area contributed by atoms with Gasteiger partial charge in [-0.1, -0.05) is 15.9 Å². The van der Waals surface area contributed by atoms with Gasteiger partial charge in [-0.2, -0.15) is 0 Å². The molecule has 0 spiro atoms. The van der Waals surface area contributed by atoms with Crippen molar-refractivity contribution in [3.63, 3.8) is 0 Å². The molecule has 1 aliphatic rings. The number of hydrogen-bond donors (Lipinski definition) is 1. The lowest BCUT2D eigenvalue weighted by molar-refractivity contribution is 0.383. The highest BCUT2D eigenvalue weighted by atomic mass is 79.9. The third-order valence-corrected chi connectivity index (χ3v) is 3.95. The summed E-state index contributed by atoms with van der Waals surface area (Å²) in [5.41, 5.74) is 0.863. The van der Waals surface area contributed by atoms with E-state index in [9.17, 15) is 4.39 Å². The van der Waals surface area contributed by atoms with Gasteiger partial charge in [-0.25, -0.2) is 4.39 Å². The molecular weight excluding hydrogens is 307 g/mol. The number of nitrogens with zero attached hydrogens (tertiary/aromatic N) is 1. The molecule has 2 nitrogen and oxygen atoms in total. The summed E-state index contributed by atoms with van der Waals surface area (Å²) in [4.78, 5) is 2.15. The van der Waals surface area contributed by atoms with Crippen molar-refractivity contribution in [1.82, 2.24) is 5.32 Å². The molecule has 0 saturated carbocycles. The monoisotopic (exact) mass is 328 g/mol. The largest absolute Gasteiger partial charge is 0.369 e. The van der Waals surface area contributed by atoms with Gasteiger partial charge in [-0.15, -0.1) is 0 Å². The van der Waals surface area contributed by atoms with Gasteiger partial charge in [0, 0.05) is 29.6 Å². The Labute approximate surface area is 123 Å². The highest BCUT2D eigenvalue weighted by Gasteiger charge is 2.25. The summed E-state index contributed by atoms with van der Waals surface area (Å²) in [5.74, 6) is 0.463. The predicted octanol–water partition coefficient (Wildman–Crippen LogP) is 3.80. The predicted molar refractivity (Wildman–Crippen MR) is 82.2 cm³/mol. The van der Waals surface area contributed by atoms with E-state index in [0.29, 0.717) is 11.6 Å². The average molecular weight is 329 g/mol. The van der Waals surface area contributed by atoms with Gasteiger partial charge in [-0.3, -0.25) is 0 Å². The highest BCUT2D eigenvalue weighted by Crippen LogP contribution is 2.28. The second-order valence-electron chi connectivity index (χ2n) is 6.33. The first-order valence-electron chi connectivity index (χ1n) is 6.80. The first kappa shape index (κ1) is 14.8. The fraction of sp³-hybridized carbons (Fsp3) is 0.600. The summed E-state index contributed by atoms with van der Waals surface area (Å²) in [7, 11) is 0. The maximum Gasteiger partial charge on any atom is 0.146 e. The van der Waals surface area contributed by atoms with Crippen molar-refractivity contribution >= 4 is 21.6 Å². The second-order valence-corrected chi connectivity index (χ2v) is 7.24. The lowest BCUT2D eigenvalue weighted by Crippen LogP contribution is -2.39. The van der Waals surface area contributed by atoms with E-state index in [1.807, 2.05) is 6.07 Å². The molecule has 19 heavy (non-hydrogen) atoms. The van der Waals surface area contributed by atoms with Crippen LogP contribution in [0.1, 0.15) is 27.2 Å². The first-order chi connectivity index (χ1) is 8.85. The summed E-state index contributed by atoms with van der Waals surface area (Å²) in [6, 6.07) is 5.14. The van der Waals surface area contributed by atoms with Crippen LogP contribution in [-0.4, -0.2) is 25.2 Å². The van der Waals surface area contributed by atoms with Crippen molar-refractivity contribution in [2.45, 2.75) is 32.7 Å². The number of nitrogens with one attached hydrogen (secondary N) is 1. The molecule has 1 aliphatic heterocycles. The molecule has 1 atom stereocenters. The smallest absolute Gasteiger partial charge is 0.146 e. The molecule has 2 rings (SSSR count). The Morgan fingerprint density at radius 3 is 2.84 bits per heavy atom. The molecule has 4 heteroatoms. The number of benzene rings is 1. The number of hydrogen-bond acceptors (Lipinski definition) is 2. The lowest BCUT2D eigenvalue weighted by atomic mass is 10.1. The van der Waals surface area contributed by atoms with Crippen molar-refractivity contribution in [2.75, 3.05) is 24.5 Å². The standard InChI is InChI=1S/C15H22BrFN2/c1-15(2,3)18-9-11-6-7-19(10-11)14-8-12(16)4-5-13(14)17/h4-5,8,11,18H,6-7,9-10H2,1-3H3. The van der Waals surface area contributed by atoms with Crippen LogP contribution in [-0.2, 0) is 0 Å². The second kappa shape index (κ2) is 5.80. The molecule has 1 fully saturated rings. The van der Waals surface area contributed by atoms with Crippen LogP contribution < -0.4 is 10.2 Å². The SMILES string of the molecule is CC(C)(C)NCC1CCN(c2cc(Br)ccc2F)C1. The number of rotatable bonds is 3. The molecule has 106 valence electrons. The van der Waals surface area contributed by atoms with Gasteiger partial charge in [-0.05, 0) is 51.3 Å². The van der Waals surface area contributed by atoms with Crippen LogP contribution in [0.5, 0.6) is 0 Å². The molecule has 0 aliphatic carbocycles. The van der Waals surface area contributed by atoms with E-state index in [4.69, 9.17) is 0 Å². The van der Waals surface area contributed by atoms with Crippen LogP contribution in [0.15, 0.2) is 22.7 Å². The molecule has 1 heterocycles. The molecule has 1 aromatic rings. The van der Waals surface area contributed by atoms with Crippen LogP contribution in [0.25, 0.3) is 0 Å². The van der Waals surface area contributed by atoms with Gasteiger partial charge in [0.1, 0.15) is 5.82 Å². The molecule has 0 bridgehead atoms. The number of halogens is 2. The fourth-order valence-electron chi connectivity index (χ4n) is 2.40. The van der Waals surface area contributed by atoms with E-state index >= 15 is 0 Å². The van der Waals surface area contributed by atoms with Gasteiger partial charge in [0.15, 0.2) is 0 Å². The summed E-state index contributed by atoms with van der Waals surface area (Å²) in [5, 5.41) is 3.53. The van der Waals surface area contributed by atoms with E-state index in [0.717, 1.165) is 30.5 Å². The molecule has 1 unspecified atom stereocenters. The Morgan fingerprint density at radius 1 is 1.42 bits per heavy atom.